The molecule has 0 aliphatic carbocycles. The summed E-state index contributed by atoms with van der Waals surface area (Å²) in [7, 11) is 1.77. The van der Waals surface area contributed by atoms with E-state index in [4.69, 9.17) is 4.74 Å². The molecule has 0 radical (unpaired) electrons. The molecule has 0 saturated carbocycles. The van der Waals surface area contributed by atoms with Crippen LogP contribution in [0.3, 0.4) is 0 Å². The molecule has 1 N–H and O–H groups in total. The molecule has 0 aromatic heterocycles. The summed E-state index contributed by atoms with van der Waals surface area (Å²) in [6.45, 7) is 0.620. The number of benzene rings is 2. The van der Waals surface area contributed by atoms with Gasteiger partial charge in [-0.15, -0.1) is 0 Å². The van der Waals surface area contributed by atoms with Crippen molar-refractivity contribution < 1.29 is 14.3 Å². The van der Waals surface area contributed by atoms with Gasteiger partial charge in [-0.3, -0.25) is 4.79 Å². The fraction of sp³-hybridized carbons (Fsp3) is 0.222. The van der Waals surface area contributed by atoms with Crippen LogP contribution in [-0.4, -0.2) is 19.0 Å². The molecule has 23 heavy (non-hydrogen) atoms. The largest absolute Gasteiger partial charge is 0.445 e. The van der Waals surface area contributed by atoms with E-state index in [1.165, 1.54) is 0 Å². The second kappa shape index (κ2) is 6.52. The summed E-state index contributed by atoms with van der Waals surface area (Å²) in [5.74, 6) is 0.0902. The lowest BCUT2D eigenvalue weighted by molar-refractivity contribution is -0.117. The van der Waals surface area contributed by atoms with Crippen molar-refractivity contribution in [2.24, 2.45) is 0 Å². The van der Waals surface area contributed by atoms with Crippen molar-refractivity contribution in [3.8, 4) is 0 Å². The SMILES string of the molecule is CN1C(=O)Cc2cc(CNC(=O)OCc3ccccc3)ccc21. The second-order valence-electron chi connectivity index (χ2n) is 5.51. The molecule has 0 spiro atoms. The molecule has 0 unspecified atom stereocenters. The van der Waals surface area contributed by atoms with E-state index in [0.717, 1.165) is 22.4 Å². The maximum absolute atomic E-state index is 11.7. The standard InChI is InChI=1S/C18H18N2O3/c1-20-16-8-7-14(9-15(16)10-17(20)21)11-19-18(22)23-12-13-5-3-2-4-6-13/h2-9H,10-12H2,1H3,(H,19,22). The van der Waals surface area contributed by atoms with E-state index in [0.29, 0.717) is 13.0 Å². The van der Waals surface area contributed by atoms with Gasteiger partial charge in [0.25, 0.3) is 0 Å². The average Bonchev–Trinajstić information content (AvgIpc) is 2.86. The number of nitrogens with one attached hydrogen (secondary N) is 1. The highest BCUT2D eigenvalue weighted by molar-refractivity contribution is 6.00. The number of amides is 2. The highest BCUT2D eigenvalue weighted by Gasteiger charge is 2.23. The van der Waals surface area contributed by atoms with E-state index in [2.05, 4.69) is 5.32 Å². The molecule has 0 atom stereocenters. The lowest BCUT2D eigenvalue weighted by Crippen LogP contribution is -2.23. The van der Waals surface area contributed by atoms with Crippen molar-refractivity contribution in [1.82, 2.24) is 5.32 Å². The molecule has 3 rings (SSSR count). The fourth-order valence-electron chi connectivity index (χ4n) is 2.58. The van der Waals surface area contributed by atoms with E-state index in [9.17, 15) is 9.59 Å². The third kappa shape index (κ3) is 3.51. The van der Waals surface area contributed by atoms with Gasteiger partial charge in [0.05, 0.1) is 6.42 Å². The van der Waals surface area contributed by atoms with E-state index in [1.807, 2.05) is 48.5 Å². The number of fused-ring (bicyclic) bond motifs is 1. The summed E-state index contributed by atoms with van der Waals surface area (Å²) in [6.07, 6.45) is -0.0412. The Balaban J connectivity index is 1.52. The lowest BCUT2D eigenvalue weighted by atomic mass is 10.1. The zero-order valence-corrected chi connectivity index (χ0v) is 12.9. The summed E-state index contributed by atoms with van der Waals surface area (Å²) < 4.78 is 5.16. The van der Waals surface area contributed by atoms with Crippen molar-refractivity contribution in [1.29, 1.82) is 0 Å². The molecule has 2 aromatic rings. The Morgan fingerprint density at radius 2 is 1.96 bits per heavy atom. The minimum atomic E-state index is -0.456. The van der Waals surface area contributed by atoms with Gasteiger partial charge in [-0.1, -0.05) is 42.5 Å². The van der Waals surface area contributed by atoms with Crippen molar-refractivity contribution in [3.63, 3.8) is 0 Å². The topological polar surface area (TPSA) is 58.6 Å². The normalized spacial score (nSPS) is 12.9. The highest BCUT2D eigenvalue weighted by atomic mass is 16.5. The maximum Gasteiger partial charge on any atom is 0.407 e. The second-order valence-corrected chi connectivity index (χ2v) is 5.51. The molecule has 1 aliphatic rings. The van der Waals surface area contributed by atoms with Crippen LogP contribution in [0.4, 0.5) is 10.5 Å². The number of carbonyl (C=O) groups excluding carboxylic acids is 2. The van der Waals surface area contributed by atoms with E-state index in [-0.39, 0.29) is 12.5 Å². The number of rotatable bonds is 4. The highest BCUT2D eigenvalue weighted by Crippen LogP contribution is 2.28. The Labute approximate surface area is 134 Å². The predicted molar refractivity (Wildman–Crippen MR) is 87.0 cm³/mol. The molecule has 0 fully saturated rings. The Hall–Kier alpha value is -2.82. The number of ether oxygens (including phenoxy) is 1. The van der Waals surface area contributed by atoms with Crippen molar-refractivity contribution in [2.45, 2.75) is 19.6 Å². The minimum absolute atomic E-state index is 0.0902. The number of likely N-dealkylation sites (N-methyl/N-ethyl adjacent to an activating group) is 1. The first-order valence-electron chi connectivity index (χ1n) is 7.46. The average molecular weight is 310 g/mol. The summed E-state index contributed by atoms with van der Waals surface area (Å²) in [4.78, 5) is 25.0. The first kappa shape index (κ1) is 15.1. The van der Waals surface area contributed by atoms with Gasteiger partial charge in [0.2, 0.25) is 5.91 Å². The van der Waals surface area contributed by atoms with Crippen LogP contribution in [0.1, 0.15) is 16.7 Å². The van der Waals surface area contributed by atoms with E-state index in [1.54, 1.807) is 11.9 Å². The van der Waals surface area contributed by atoms with Crippen molar-refractivity contribution >= 4 is 17.7 Å². The molecule has 118 valence electrons. The Morgan fingerprint density at radius 3 is 2.74 bits per heavy atom. The monoisotopic (exact) mass is 310 g/mol. The van der Waals surface area contributed by atoms with Gasteiger partial charge >= 0.3 is 6.09 Å². The number of hydrogen-bond donors (Lipinski definition) is 1. The van der Waals surface area contributed by atoms with Gasteiger partial charge in [0, 0.05) is 19.3 Å². The molecule has 0 bridgehead atoms. The Kier molecular flexibility index (Phi) is 4.28. The van der Waals surface area contributed by atoms with Crippen LogP contribution < -0.4 is 10.2 Å². The number of anilines is 1. The zero-order chi connectivity index (χ0) is 16.2. The molecule has 0 saturated heterocycles. The van der Waals surface area contributed by atoms with Crippen molar-refractivity contribution in [3.05, 3.63) is 65.2 Å². The predicted octanol–water partition coefficient (Wildman–Crippen LogP) is 2.63. The Morgan fingerprint density at radius 1 is 1.17 bits per heavy atom. The smallest absolute Gasteiger partial charge is 0.407 e. The fourth-order valence-corrected chi connectivity index (χ4v) is 2.58. The number of carbonyl (C=O) groups is 2. The van der Waals surface area contributed by atoms with Crippen LogP contribution in [0.2, 0.25) is 0 Å². The van der Waals surface area contributed by atoms with Crippen LogP contribution in [0.5, 0.6) is 0 Å². The molecule has 2 aromatic carbocycles. The van der Waals surface area contributed by atoms with Crippen LogP contribution in [-0.2, 0) is 29.1 Å². The van der Waals surface area contributed by atoms with Crippen LogP contribution >= 0.6 is 0 Å². The lowest BCUT2D eigenvalue weighted by Gasteiger charge is -2.11. The molecule has 5 nitrogen and oxygen atoms in total. The quantitative estimate of drug-likeness (QED) is 0.944. The molecule has 1 heterocycles. The number of alkyl carbamates (subject to hydrolysis) is 1. The molecule has 5 heteroatoms. The van der Waals surface area contributed by atoms with Gasteiger partial charge in [-0.05, 0) is 22.8 Å². The van der Waals surface area contributed by atoms with E-state index >= 15 is 0 Å². The third-order valence-electron chi connectivity index (χ3n) is 3.87. The van der Waals surface area contributed by atoms with E-state index < -0.39 is 6.09 Å². The van der Waals surface area contributed by atoms with Gasteiger partial charge < -0.3 is 15.0 Å². The maximum atomic E-state index is 11.7. The number of hydrogen-bond acceptors (Lipinski definition) is 3. The number of nitrogens with zero attached hydrogens (tertiary/aromatic N) is 1. The summed E-state index contributed by atoms with van der Waals surface area (Å²) in [5, 5.41) is 2.72. The minimum Gasteiger partial charge on any atom is -0.445 e. The summed E-state index contributed by atoms with van der Waals surface area (Å²) >= 11 is 0. The zero-order valence-electron chi connectivity index (χ0n) is 12.9. The van der Waals surface area contributed by atoms with Crippen molar-refractivity contribution in [2.75, 3.05) is 11.9 Å². The first-order valence-corrected chi connectivity index (χ1v) is 7.46. The van der Waals surface area contributed by atoms with Gasteiger partial charge in [-0.2, -0.15) is 0 Å². The summed E-state index contributed by atoms with van der Waals surface area (Å²) in [6, 6.07) is 15.3. The molecule has 1 aliphatic heterocycles. The molecular weight excluding hydrogens is 292 g/mol. The van der Waals surface area contributed by atoms with Crippen LogP contribution in [0.15, 0.2) is 48.5 Å². The molecule has 2 amide bonds. The molecular formula is C18H18N2O3. The Bertz CT molecular complexity index is 728. The van der Waals surface area contributed by atoms with Crippen LogP contribution in [0.25, 0.3) is 0 Å². The summed E-state index contributed by atoms with van der Waals surface area (Å²) in [5.41, 5.74) is 3.82. The van der Waals surface area contributed by atoms with Gasteiger partial charge in [0.1, 0.15) is 6.61 Å². The van der Waals surface area contributed by atoms with Gasteiger partial charge in [-0.25, -0.2) is 4.79 Å². The van der Waals surface area contributed by atoms with Gasteiger partial charge in [0.15, 0.2) is 0 Å². The third-order valence-corrected chi connectivity index (χ3v) is 3.87. The first-order chi connectivity index (χ1) is 11.1. The van der Waals surface area contributed by atoms with Crippen LogP contribution in [0, 0.1) is 0 Å².